The van der Waals surface area contributed by atoms with Gasteiger partial charge in [0.05, 0.1) is 12.7 Å². The summed E-state index contributed by atoms with van der Waals surface area (Å²) < 4.78 is 11.9. The van der Waals surface area contributed by atoms with Crippen molar-refractivity contribution in [1.29, 1.82) is 0 Å². The minimum Gasteiger partial charge on any atom is -0.394 e. The van der Waals surface area contributed by atoms with E-state index in [0.29, 0.717) is 5.41 Å². The lowest BCUT2D eigenvalue weighted by molar-refractivity contribution is -0.313. The highest BCUT2D eigenvalue weighted by atomic mass is 16.7. The summed E-state index contributed by atoms with van der Waals surface area (Å²) in [6, 6.07) is 1.60. The Kier molecular flexibility index (Phi) is 7.06. The number of hydrogen-bond acceptors (Lipinski definition) is 7. The number of rotatable bonds is 3. The number of aliphatic hydroxyl groups is 4. The first-order chi connectivity index (χ1) is 19.1. The Balaban J connectivity index is 1.07. The van der Waals surface area contributed by atoms with E-state index < -0.39 is 37.3 Å². The van der Waals surface area contributed by atoms with Gasteiger partial charge in [0.2, 0.25) is 0 Å². The largest absolute Gasteiger partial charge is 0.394 e. The van der Waals surface area contributed by atoms with Gasteiger partial charge in [-0.2, -0.15) is 0 Å². The van der Waals surface area contributed by atoms with Crippen LogP contribution in [0.25, 0.3) is 0 Å². The van der Waals surface area contributed by atoms with Crippen molar-refractivity contribution in [3.63, 3.8) is 0 Å². The molecule has 226 valence electrons. The molecule has 2 unspecified atom stereocenters. The first-order valence-electron chi connectivity index (χ1n) is 16.5. The summed E-state index contributed by atoms with van der Waals surface area (Å²) in [5, 5.41) is 40.4. The predicted molar refractivity (Wildman–Crippen MR) is 151 cm³/mol. The number of aliphatic hydroxyl groups excluding tert-OH is 4. The lowest BCUT2D eigenvalue weighted by Gasteiger charge is -2.58. The fraction of sp³-hybridized carbons (Fsp3) is 0.939. The zero-order valence-electron chi connectivity index (χ0n) is 25.0. The number of hydrogen-bond donors (Lipinski definition) is 4. The monoisotopic (exact) mass is 559 g/mol. The molecule has 40 heavy (non-hydrogen) atoms. The molecule has 0 radical (unpaired) electrons. The third kappa shape index (κ3) is 4.01. The lowest BCUT2D eigenvalue weighted by Crippen LogP contribution is -2.60. The van der Waals surface area contributed by atoms with E-state index in [9.17, 15) is 20.4 Å². The summed E-state index contributed by atoms with van der Waals surface area (Å²) in [7, 11) is 0. The van der Waals surface area contributed by atoms with Gasteiger partial charge >= 0.3 is 0 Å². The minimum absolute atomic E-state index is 0.101. The average Bonchev–Trinajstić information content (AvgIpc) is 3.40. The molecule has 3 heterocycles. The molecule has 7 rings (SSSR count). The molecule has 4 N–H and O–H groups in total. The lowest BCUT2D eigenvalue weighted by atomic mass is 9.47. The molecule has 0 amide bonds. The highest BCUT2D eigenvalue weighted by Gasteiger charge is 2.66. The smallest absolute Gasteiger partial charge is 0.186 e. The van der Waals surface area contributed by atoms with Crippen molar-refractivity contribution in [2.75, 3.05) is 13.2 Å². The van der Waals surface area contributed by atoms with Gasteiger partial charge in [-0.15, -0.1) is 0 Å². The van der Waals surface area contributed by atoms with Crippen molar-refractivity contribution in [3.8, 4) is 0 Å². The highest BCUT2D eigenvalue weighted by Crippen LogP contribution is 2.70. The van der Waals surface area contributed by atoms with Gasteiger partial charge in [0.15, 0.2) is 6.29 Å². The van der Waals surface area contributed by atoms with Gasteiger partial charge < -0.3 is 29.9 Å². The third-order valence-corrected chi connectivity index (χ3v) is 13.8. The summed E-state index contributed by atoms with van der Waals surface area (Å²) in [4.78, 5) is 2.98. The number of piperidine rings is 1. The number of fused-ring (bicyclic) bond motifs is 9. The molecule has 7 heteroatoms. The molecule has 7 nitrogen and oxygen atoms in total. The van der Waals surface area contributed by atoms with Crippen LogP contribution in [0.5, 0.6) is 0 Å². The van der Waals surface area contributed by atoms with E-state index in [0.717, 1.165) is 66.9 Å². The van der Waals surface area contributed by atoms with Crippen LogP contribution in [0.2, 0.25) is 0 Å². The second-order valence-corrected chi connectivity index (χ2v) is 15.6. The molecule has 16 atom stereocenters. The SMILES string of the molecule is C[C@H]1CC[C@@H]2[C@@H](C)[C@H]3[C@H](C[C@H]4[C@@H]5CC=C6CC(O[C@@H]7O[C@H](CO)[C@H](O)[C@H](O)[C@H]7O)CC[C@]6(C)C5CC[C@]34C)N2C1. The van der Waals surface area contributed by atoms with Crippen LogP contribution in [0.3, 0.4) is 0 Å². The van der Waals surface area contributed by atoms with Crippen LogP contribution in [0, 0.1) is 46.3 Å². The molecule has 0 spiro atoms. The Hall–Kier alpha value is -0.540. The van der Waals surface area contributed by atoms with Crippen LogP contribution in [-0.2, 0) is 9.47 Å². The third-order valence-electron chi connectivity index (χ3n) is 13.8. The van der Waals surface area contributed by atoms with E-state index in [1.807, 2.05) is 0 Å². The molecule has 4 aliphatic carbocycles. The second-order valence-electron chi connectivity index (χ2n) is 15.6. The van der Waals surface area contributed by atoms with Crippen molar-refractivity contribution in [3.05, 3.63) is 11.6 Å². The van der Waals surface area contributed by atoms with E-state index in [1.165, 1.54) is 50.6 Å². The standard InChI is InChI=1S/C33H53NO6/c1-17-5-8-24-18(2)27-25(34(24)15-17)14-23-21-7-6-19-13-20(9-11-32(19,3)22(21)10-12-33(23,27)4)39-31-30(38)29(37)28(36)26(16-35)40-31/h6,17-18,20-31,35-38H,5,7-16H2,1-4H3/t17-,18+,20?,21+,22?,23-,24+,25-,26+,27-,28-,29-,30+,31+,32-,33-/m0/s1. The van der Waals surface area contributed by atoms with Gasteiger partial charge in [-0.25, -0.2) is 0 Å². The minimum atomic E-state index is -1.40. The molecular formula is C33H53NO6. The van der Waals surface area contributed by atoms with E-state index in [-0.39, 0.29) is 11.5 Å². The van der Waals surface area contributed by atoms with Gasteiger partial charge in [0.1, 0.15) is 24.4 Å². The van der Waals surface area contributed by atoms with Crippen LogP contribution < -0.4 is 0 Å². The van der Waals surface area contributed by atoms with Gasteiger partial charge in [-0.1, -0.05) is 39.3 Å². The summed E-state index contributed by atoms with van der Waals surface area (Å²) >= 11 is 0. The Labute approximate surface area is 240 Å². The van der Waals surface area contributed by atoms with Crippen LogP contribution in [0.15, 0.2) is 11.6 Å². The Morgan fingerprint density at radius 3 is 2.55 bits per heavy atom. The van der Waals surface area contributed by atoms with Gasteiger partial charge in [0.25, 0.3) is 0 Å². The summed E-state index contributed by atoms with van der Waals surface area (Å²) in [6.07, 6.45) is 7.27. The summed E-state index contributed by atoms with van der Waals surface area (Å²) in [5.74, 6) is 4.83. The Bertz CT molecular complexity index is 1000. The normalized spacial score (nSPS) is 57.9. The first-order valence-corrected chi connectivity index (χ1v) is 16.5. The van der Waals surface area contributed by atoms with Crippen molar-refractivity contribution >= 4 is 0 Å². The molecule has 3 aliphatic heterocycles. The van der Waals surface area contributed by atoms with E-state index in [1.54, 1.807) is 0 Å². The molecule has 3 saturated carbocycles. The number of allylic oxidation sites excluding steroid dienone is 1. The van der Waals surface area contributed by atoms with Gasteiger partial charge in [0, 0.05) is 18.6 Å². The van der Waals surface area contributed by atoms with Crippen LogP contribution in [0.1, 0.15) is 85.5 Å². The molecule has 0 aromatic heterocycles. The van der Waals surface area contributed by atoms with E-state index in [2.05, 4.69) is 38.7 Å². The maximum atomic E-state index is 10.5. The van der Waals surface area contributed by atoms with Crippen LogP contribution in [0.4, 0.5) is 0 Å². The summed E-state index contributed by atoms with van der Waals surface area (Å²) in [5.41, 5.74) is 2.18. The predicted octanol–water partition coefficient (Wildman–Crippen LogP) is 3.48. The molecule has 6 fully saturated rings. The van der Waals surface area contributed by atoms with Crippen molar-refractivity contribution in [2.24, 2.45) is 46.3 Å². The molecule has 0 bridgehead atoms. The Morgan fingerprint density at radius 1 is 0.975 bits per heavy atom. The number of nitrogens with zero attached hydrogens (tertiary/aromatic N) is 1. The average molecular weight is 560 g/mol. The van der Waals surface area contributed by atoms with E-state index in [4.69, 9.17) is 9.47 Å². The fourth-order valence-corrected chi connectivity index (χ4v) is 11.9. The molecule has 7 aliphatic rings. The maximum absolute atomic E-state index is 10.5. The van der Waals surface area contributed by atoms with Crippen molar-refractivity contribution < 1.29 is 29.9 Å². The molecule has 3 saturated heterocycles. The Morgan fingerprint density at radius 2 is 1.77 bits per heavy atom. The van der Waals surface area contributed by atoms with Crippen LogP contribution >= 0.6 is 0 Å². The topological polar surface area (TPSA) is 103 Å². The summed E-state index contributed by atoms with van der Waals surface area (Å²) in [6.45, 7) is 11.1. The first kappa shape index (κ1) is 28.2. The van der Waals surface area contributed by atoms with E-state index >= 15 is 0 Å². The van der Waals surface area contributed by atoms with Crippen molar-refractivity contribution in [1.82, 2.24) is 4.90 Å². The zero-order valence-corrected chi connectivity index (χ0v) is 25.0. The zero-order chi connectivity index (χ0) is 28.1. The number of ether oxygens (including phenoxy) is 2. The quantitative estimate of drug-likeness (QED) is 0.393. The molecular weight excluding hydrogens is 506 g/mol. The maximum Gasteiger partial charge on any atom is 0.186 e. The van der Waals surface area contributed by atoms with Crippen molar-refractivity contribution in [2.45, 2.75) is 134 Å². The highest BCUT2D eigenvalue weighted by molar-refractivity contribution is 5.27. The van der Waals surface area contributed by atoms with Crippen LogP contribution in [-0.4, -0.2) is 87.4 Å². The molecule has 0 aromatic carbocycles. The second kappa shape index (κ2) is 10.0. The fourth-order valence-electron chi connectivity index (χ4n) is 11.9. The van der Waals surface area contributed by atoms with Gasteiger partial charge in [-0.3, -0.25) is 4.90 Å². The molecule has 0 aromatic rings. The van der Waals surface area contributed by atoms with Gasteiger partial charge in [-0.05, 0) is 104 Å².